The molecule has 0 fully saturated rings. The maximum Gasteiger partial charge on any atom is 0.339 e. The van der Waals surface area contributed by atoms with E-state index in [9.17, 15) is 4.79 Å². The fourth-order valence-corrected chi connectivity index (χ4v) is 1.54. The van der Waals surface area contributed by atoms with Gasteiger partial charge in [0.2, 0.25) is 0 Å². The molecule has 0 amide bonds. The maximum absolute atomic E-state index is 10.9. The van der Waals surface area contributed by atoms with Crippen molar-refractivity contribution in [2.45, 2.75) is 6.92 Å². The summed E-state index contributed by atoms with van der Waals surface area (Å²) >= 11 is 0. The van der Waals surface area contributed by atoms with Crippen molar-refractivity contribution in [1.82, 2.24) is 9.78 Å². The van der Waals surface area contributed by atoms with E-state index in [1.165, 1.54) is 10.9 Å². The van der Waals surface area contributed by atoms with Crippen molar-refractivity contribution in [3.05, 3.63) is 41.7 Å². The van der Waals surface area contributed by atoms with Gasteiger partial charge in [-0.25, -0.2) is 9.48 Å². The average Bonchev–Trinajstić information content (AvgIpc) is 2.71. The zero-order valence-corrected chi connectivity index (χ0v) is 9.54. The Kier molecular flexibility index (Phi) is 2.82. The third kappa shape index (κ3) is 2.13. The number of aryl methyl sites for hydroxylation is 1. The van der Waals surface area contributed by atoms with Gasteiger partial charge in [0.1, 0.15) is 11.3 Å². The summed E-state index contributed by atoms with van der Waals surface area (Å²) in [4.78, 5) is 10.9. The molecule has 0 atom stereocenters. The molecule has 0 aliphatic rings. The van der Waals surface area contributed by atoms with Gasteiger partial charge in [0.25, 0.3) is 0 Å². The van der Waals surface area contributed by atoms with E-state index in [0.717, 1.165) is 11.4 Å². The summed E-state index contributed by atoms with van der Waals surface area (Å²) in [5, 5.41) is 13.1. The lowest BCUT2D eigenvalue weighted by atomic mass is 10.3. The molecule has 1 heterocycles. The summed E-state index contributed by atoms with van der Waals surface area (Å²) in [6, 6.07) is 7.23. The van der Waals surface area contributed by atoms with Crippen LogP contribution in [-0.4, -0.2) is 28.0 Å². The summed E-state index contributed by atoms with van der Waals surface area (Å²) in [5.74, 6) is -0.224. The van der Waals surface area contributed by atoms with Gasteiger partial charge >= 0.3 is 5.97 Å². The molecule has 0 spiro atoms. The monoisotopic (exact) mass is 232 g/mol. The molecule has 5 nitrogen and oxygen atoms in total. The van der Waals surface area contributed by atoms with Crippen molar-refractivity contribution in [2.75, 3.05) is 7.11 Å². The SMILES string of the molecule is COc1ccc(-n2cc(C(=O)O)c(C)n2)cc1. The van der Waals surface area contributed by atoms with E-state index < -0.39 is 5.97 Å². The molecule has 1 aromatic heterocycles. The molecule has 0 aliphatic carbocycles. The fourth-order valence-electron chi connectivity index (χ4n) is 1.54. The van der Waals surface area contributed by atoms with Gasteiger partial charge in [0.15, 0.2) is 0 Å². The van der Waals surface area contributed by atoms with Crippen LogP contribution in [0.1, 0.15) is 16.1 Å². The van der Waals surface area contributed by atoms with E-state index in [2.05, 4.69) is 5.10 Å². The number of methoxy groups -OCH3 is 1. The Labute approximate surface area is 98.3 Å². The molecule has 1 aromatic carbocycles. The third-order valence-corrected chi connectivity index (χ3v) is 2.47. The minimum Gasteiger partial charge on any atom is -0.497 e. The summed E-state index contributed by atoms with van der Waals surface area (Å²) in [6.45, 7) is 1.67. The molecular formula is C12H12N2O3. The lowest BCUT2D eigenvalue weighted by Crippen LogP contribution is -1.96. The predicted molar refractivity (Wildman–Crippen MR) is 61.8 cm³/mol. The lowest BCUT2D eigenvalue weighted by molar-refractivity contribution is 0.0696. The highest BCUT2D eigenvalue weighted by Crippen LogP contribution is 2.16. The van der Waals surface area contributed by atoms with Crippen LogP contribution in [0.5, 0.6) is 5.75 Å². The van der Waals surface area contributed by atoms with Gasteiger partial charge in [-0.15, -0.1) is 0 Å². The largest absolute Gasteiger partial charge is 0.497 e. The van der Waals surface area contributed by atoms with Crippen LogP contribution in [0.25, 0.3) is 5.69 Å². The molecule has 0 radical (unpaired) electrons. The van der Waals surface area contributed by atoms with Crippen LogP contribution in [0.15, 0.2) is 30.5 Å². The number of nitrogens with zero attached hydrogens (tertiary/aromatic N) is 2. The summed E-state index contributed by atoms with van der Waals surface area (Å²) in [6.07, 6.45) is 1.50. The summed E-state index contributed by atoms with van der Waals surface area (Å²) in [5.41, 5.74) is 1.50. The number of carboxylic acids is 1. The van der Waals surface area contributed by atoms with E-state index in [1.54, 1.807) is 26.2 Å². The quantitative estimate of drug-likeness (QED) is 0.877. The molecule has 0 aliphatic heterocycles. The molecule has 0 saturated heterocycles. The number of benzene rings is 1. The Morgan fingerprint density at radius 2 is 2.00 bits per heavy atom. The number of carbonyl (C=O) groups is 1. The molecule has 2 aromatic rings. The number of aromatic carboxylic acids is 1. The van der Waals surface area contributed by atoms with Crippen molar-refractivity contribution in [3.63, 3.8) is 0 Å². The van der Waals surface area contributed by atoms with Crippen LogP contribution in [0.2, 0.25) is 0 Å². The fraction of sp³-hybridized carbons (Fsp3) is 0.167. The molecule has 17 heavy (non-hydrogen) atoms. The first-order valence-electron chi connectivity index (χ1n) is 5.06. The standard InChI is InChI=1S/C12H12N2O3/c1-8-11(12(15)16)7-14(13-8)9-3-5-10(17-2)6-4-9/h3-7H,1-2H3,(H,15,16). The van der Waals surface area contributed by atoms with Crippen molar-refractivity contribution in [1.29, 1.82) is 0 Å². The van der Waals surface area contributed by atoms with E-state index in [-0.39, 0.29) is 5.56 Å². The smallest absolute Gasteiger partial charge is 0.339 e. The van der Waals surface area contributed by atoms with E-state index in [1.807, 2.05) is 12.1 Å². The number of carboxylic acid groups (broad SMARTS) is 1. The molecule has 88 valence electrons. The molecule has 0 saturated carbocycles. The van der Waals surface area contributed by atoms with Crippen LogP contribution < -0.4 is 4.74 Å². The highest BCUT2D eigenvalue weighted by molar-refractivity contribution is 5.88. The number of aromatic nitrogens is 2. The van der Waals surface area contributed by atoms with Gasteiger partial charge in [-0.2, -0.15) is 5.10 Å². The minimum absolute atomic E-state index is 0.209. The highest BCUT2D eigenvalue weighted by atomic mass is 16.5. The molecule has 5 heteroatoms. The maximum atomic E-state index is 10.9. The normalized spacial score (nSPS) is 10.2. The Morgan fingerprint density at radius 3 is 2.47 bits per heavy atom. The van der Waals surface area contributed by atoms with E-state index in [4.69, 9.17) is 9.84 Å². The van der Waals surface area contributed by atoms with Crippen molar-refractivity contribution in [3.8, 4) is 11.4 Å². The van der Waals surface area contributed by atoms with Crippen molar-refractivity contribution in [2.24, 2.45) is 0 Å². The van der Waals surface area contributed by atoms with Gasteiger partial charge in [0, 0.05) is 6.20 Å². The first kappa shape index (κ1) is 11.2. The van der Waals surface area contributed by atoms with Crippen LogP contribution >= 0.6 is 0 Å². The Balaban J connectivity index is 2.39. The second-order valence-electron chi connectivity index (χ2n) is 3.58. The molecule has 1 N–H and O–H groups in total. The van der Waals surface area contributed by atoms with Crippen LogP contribution in [0.3, 0.4) is 0 Å². The lowest BCUT2D eigenvalue weighted by Gasteiger charge is -2.02. The topological polar surface area (TPSA) is 64.3 Å². The predicted octanol–water partition coefficient (Wildman–Crippen LogP) is 1.89. The second kappa shape index (κ2) is 4.29. The molecule has 0 unspecified atom stereocenters. The van der Waals surface area contributed by atoms with Crippen LogP contribution in [-0.2, 0) is 0 Å². The number of ether oxygens (including phenoxy) is 1. The van der Waals surface area contributed by atoms with Gasteiger partial charge in [-0.1, -0.05) is 0 Å². The second-order valence-corrected chi connectivity index (χ2v) is 3.58. The van der Waals surface area contributed by atoms with E-state index >= 15 is 0 Å². The zero-order chi connectivity index (χ0) is 12.4. The summed E-state index contributed by atoms with van der Waals surface area (Å²) in [7, 11) is 1.59. The molecule has 2 rings (SSSR count). The van der Waals surface area contributed by atoms with Gasteiger partial charge in [-0.05, 0) is 31.2 Å². The van der Waals surface area contributed by atoms with Crippen molar-refractivity contribution < 1.29 is 14.6 Å². The van der Waals surface area contributed by atoms with Gasteiger partial charge < -0.3 is 9.84 Å². The molecule has 0 bridgehead atoms. The third-order valence-electron chi connectivity index (χ3n) is 2.47. The van der Waals surface area contributed by atoms with Crippen LogP contribution in [0.4, 0.5) is 0 Å². The zero-order valence-electron chi connectivity index (χ0n) is 9.54. The Hall–Kier alpha value is -2.30. The Bertz CT molecular complexity index is 543. The number of rotatable bonds is 3. The molecular weight excluding hydrogens is 220 g/mol. The van der Waals surface area contributed by atoms with Gasteiger partial charge in [-0.3, -0.25) is 0 Å². The number of hydrogen-bond donors (Lipinski definition) is 1. The van der Waals surface area contributed by atoms with Crippen LogP contribution in [0, 0.1) is 6.92 Å². The first-order chi connectivity index (χ1) is 8.11. The average molecular weight is 232 g/mol. The first-order valence-corrected chi connectivity index (χ1v) is 5.06. The van der Waals surface area contributed by atoms with Gasteiger partial charge in [0.05, 0.1) is 18.5 Å². The van der Waals surface area contributed by atoms with Crippen molar-refractivity contribution >= 4 is 5.97 Å². The highest BCUT2D eigenvalue weighted by Gasteiger charge is 2.12. The summed E-state index contributed by atoms with van der Waals surface area (Å²) < 4.78 is 6.59. The van der Waals surface area contributed by atoms with E-state index in [0.29, 0.717) is 5.69 Å². The Morgan fingerprint density at radius 1 is 1.35 bits per heavy atom. The minimum atomic E-state index is -0.970. The number of hydrogen-bond acceptors (Lipinski definition) is 3.